The maximum atomic E-state index is 4.04. The first-order valence-corrected chi connectivity index (χ1v) is 11.8. The zero-order valence-corrected chi connectivity index (χ0v) is 17.9. The summed E-state index contributed by atoms with van der Waals surface area (Å²) in [6, 6.07) is 18.1. The third-order valence-electron chi connectivity index (χ3n) is 7.76. The zero-order valence-electron chi connectivity index (χ0n) is 17.9. The van der Waals surface area contributed by atoms with Crippen LogP contribution in [0.15, 0.2) is 48.5 Å². The fraction of sp³-hybridized carbons (Fsp3) is 0.556. The molecule has 2 nitrogen and oxygen atoms in total. The highest BCUT2D eigenvalue weighted by atomic mass is 15.0. The van der Waals surface area contributed by atoms with Gasteiger partial charge in [-0.1, -0.05) is 55.5 Å². The van der Waals surface area contributed by atoms with Crippen LogP contribution in [-0.2, 0) is 26.1 Å². The number of hydrogen-bond donors (Lipinski definition) is 2. The van der Waals surface area contributed by atoms with Crippen molar-refractivity contribution in [2.45, 2.75) is 77.0 Å². The third-order valence-corrected chi connectivity index (χ3v) is 7.76. The van der Waals surface area contributed by atoms with Gasteiger partial charge in [-0.25, -0.2) is 0 Å². The smallest absolute Gasteiger partial charge is 0.0210 e. The molecule has 0 unspecified atom stereocenters. The van der Waals surface area contributed by atoms with Crippen LogP contribution in [0, 0.1) is 17.8 Å². The molecule has 0 aliphatic heterocycles. The van der Waals surface area contributed by atoms with Gasteiger partial charge in [0.15, 0.2) is 0 Å². The summed E-state index contributed by atoms with van der Waals surface area (Å²) in [6.45, 7) is 5.11. The molecule has 4 fully saturated rings. The van der Waals surface area contributed by atoms with E-state index in [1.54, 1.807) is 0 Å². The summed E-state index contributed by atoms with van der Waals surface area (Å²) in [4.78, 5) is 0. The third kappa shape index (κ3) is 4.44. The first kappa shape index (κ1) is 19.3. The molecule has 0 saturated heterocycles. The Kier molecular flexibility index (Phi) is 5.49. The Morgan fingerprint density at radius 1 is 0.724 bits per heavy atom. The van der Waals surface area contributed by atoms with Gasteiger partial charge in [0.1, 0.15) is 0 Å². The summed E-state index contributed by atoms with van der Waals surface area (Å²) < 4.78 is 0. The van der Waals surface area contributed by atoms with Crippen molar-refractivity contribution in [3.63, 3.8) is 0 Å². The van der Waals surface area contributed by atoms with Crippen molar-refractivity contribution in [3.05, 3.63) is 70.8 Å². The van der Waals surface area contributed by atoms with E-state index in [0.29, 0.717) is 5.54 Å². The quantitative estimate of drug-likeness (QED) is 0.615. The summed E-state index contributed by atoms with van der Waals surface area (Å²) in [5, 5.41) is 7.67. The molecule has 154 valence electrons. The lowest BCUT2D eigenvalue weighted by Gasteiger charge is -2.57. The van der Waals surface area contributed by atoms with Crippen LogP contribution in [0.25, 0.3) is 0 Å². The number of aryl methyl sites for hydroxylation is 1. The van der Waals surface area contributed by atoms with Gasteiger partial charge >= 0.3 is 0 Å². The summed E-state index contributed by atoms with van der Waals surface area (Å²) in [5.74, 6) is 3.03. The Hall–Kier alpha value is -1.64. The lowest BCUT2D eigenvalue weighted by atomic mass is 9.53. The molecule has 4 aliphatic carbocycles. The Balaban J connectivity index is 1.15. The predicted octanol–water partition coefficient (Wildman–Crippen LogP) is 5.60. The van der Waals surface area contributed by atoms with Crippen molar-refractivity contribution in [2.24, 2.45) is 17.8 Å². The predicted molar refractivity (Wildman–Crippen MR) is 121 cm³/mol. The van der Waals surface area contributed by atoms with E-state index in [1.165, 1.54) is 60.8 Å². The van der Waals surface area contributed by atoms with Crippen LogP contribution in [0.1, 0.15) is 67.7 Å². The van der Waals surface area contributed by atoms with Crippen molar-refractivity contribution < 1.29 is 0 Å². The molecule has 0 spiro atoms. The van der Waals surface area contributed by atoms with E-state index in [1.807, 2.05) is 0 Å². The summed E-state index contributed by atoms with van der Waals surface area (Å²) in [7, 11) is 0. The number of nitrogens with one attached hydrogen (secondary N) is 2. The van der Waals surface area contributed by atoms with Crippen LogP contribution in [0.2, 0.25) is 0 Å². The molecular weight excluding hydrogens is 352 g/mol. The van der Waals surface area contributed by atoms with Gasteiger partial charge in [-0.05, 0) is 85.0 Å². The topological polar surface area (TPSA) is 24.1 Å². The molecule has 2 heteroatoms. The highest BCUT2D eigenvalue weighted by Crippen LogP contribution is 2.55. The SMILES string of the molecule is CCc1cccc(CNCc2cccc(CNC34CC5CC(CC(C5)C3)C4)c2)c1. The second kappa shape index (κ2) is 8.24. The molecule has 0 radical (unpaired) electrons. The number of hydrogen-bond acceptors (Lipinski definition) is 2. The fourth-order valence-corrected chi connectivity index (χ4v) is 6.78. The molecule has 2 N–H and O–H groups in total. The molecule has 0 amide bonds. The average molecular weight is 389 g/mol. The largest absolute Gasteiger partial charge is 0.309 e. The van der Waals surface area contributed by atoms with Crippen molar-refractivity contribution in [3.8, 4) is 0 Å². The summed E-state index contributed by atoms with van der Waals surface area (Å²) in [5.41, 5.74) is 6.08. The van der Waals surface area contributed by atoms with Gasteiger partial charge in [0.2, 0.25) is 0 Å². The molecule has 2 aromatic rings. The Bertz CT molecular complexity index is 805. The molecular formula is C27H36N2. The molecule has 29 heavy (non-hydrogen) atoms. The highest BCUT2D eigenvalue weighted by Gasteiger charge is 2.50. The van der Waals surface area contributed by atoms with Crippen molar-refractivity contribution in [1.29, 1.82) is 0 Å². The summed E-state index contributed by atoms with van der Waals surface area (Å²) >= 11 is 0. The maximum absolute atomic E-state index is 4.04. The van der Waals surface area contributed by atoms with E-state index in [-0.39, 0.29) is 0 Å². The van der Waals surface area contributed by atoms with Gasteiger partial charge in [-0.3, -0.25) is 0 Å². The van der Waals surface area contributed by atoms with Gasteiger partial charge in [0.25, 0.3) is 0 Å². The molecule has 4 aliphatic rings. The maximum Gasteiger partial charge on any atom is 0.0210 e. The lowest BCUT2D eigenvalue weighted by molar-refractivity contribution is -0.0206. The highest BCUT2D eigenvalue weighted by molar-refractivity contribution is 5.25. The van der Waals surface area contributed by atoms with E-state index in [2.05, 4.69) is 66.1 Å². The Labute approximate surface area is 176 Å². The van der Waals surface area contributed by atoms with Crippen LogP contribution >= 0.6 is 0 Å². The van der Waals surface area contributed by atoms with Crippen molar-refractivity contribution >= 4 is 0 Å². The first-order valence-electron chi connectivity index (χ1n) is 11.8. The van der Waals surface area contributed by atoms with Crippen LogP contribution < -0.4 is 10.6 Å². The first-order chi connectivity index (χ1) is 14.2. The van der Waals surface area contributed by atoms with Crippen molar-refractivity contribution in [1.82, 2.24) is 10.6 Å². The van der Waals surface area contributed by atoms with Gasteiger partial charge in [0, 0.05) is 25.2 Å². The number of rotatable bonds is 8. The van der Waals surface area contributed by atoms with E-state index >= 15 is 0 Å². The summed E-state index contributed by atoms with van der Waals surface area (Å²) in [6.07, 6.45) is 9.94. The minimum Gasteiger partial charge on any atom is -0.309 e. The fourth-order valence-electron chi connectivity index (χ4n) is 6.78. The lowest BCUT2D eigenvalue weighted by Crippen LogP contribution is -2.58. The van der Waals surface area contributed by atoms with Crippen LogP contribution in [0.4, 0.5) is 0 Å². The second-order valence-electron chi connectivity index (χ2n) is 10.1. The van der Waals surface area contributed by atoms with E-state index in [4.69, 9.17) is 0 Å². The van der Waals surface area contributed by atoms with E-state index < -0.39 is 0 Å². The monoisotopic (exact) mass is 388 g/mol. The van der Waals surface area contributed by atoms with Gasteiger partial charge in [-0.2, -0.15) is 0 Å². The van der Waals surface area contributed by atoms with Gasteiger partial charge < -0.3 is 10.6 Å². The molecule has 4 bridgehead atoms. The number of benzene rings is 2. The standard InChI is InChI=1S/C27H36N2/c1-2-20-5-3-6-21(9-20)17-28-18-22-7-4-8-23(10-22)19-29-27-14-24-11-25(15-27)13-26(12-24)16-27/h3-10,24-26,28-29H,2,11-19H2,1H3. The Morgan fingerprint density at radius 3 is 1.76 bits per heavy atom. The molecule has 0 heterocycles. The Morgan fingerprint density at radius 2 is 1.21 bits per heavy atom. The molecule has 2 aromatic carbocycles. The molecule has 4 saturated carbocycles. The van der Waals surface area contributed by atoms with E-state index in [9.17, 15) is 0 Å². The molecule has 0 aromatic heterocycles. The van der Waals surface area contributed by atoms with Crippen LogP contribution in [0.5, 0.6) is 0 Å². The molecule has 6 rings (SSSR count). The van der Waals surface area contributed by atoms with Gasteiger partial charge in [-0.15, -0.1) is 0 Å². The second-order valence-corrected chi connectivity index (χ2v) is 10.1. The van der Waals surface area contributed by atoms with Crippen molar-refractivity contribution in [2.75, 3.05) is 0 Å². The minimum atomic E-state index is 0.452. The minimum absolute atomic E-state index is 0.452. The normalized spacial score (nSPS) is 30.0. The van der Waals surface area contributed by atoms with Crippen LogP contribution in [-0.4, -0.2) is 5.54 Å². The molecule has 0 atom stereocenters. The van der Waals surface area contributed by atoms with Gasteiger partial charge in [0.05, 0.1) is 0 Å². The van der Waals surface area contributed by atoms with E-state index in [0.717, 1.165) is 43.8 Å². The average Bonchev–Trinajstić information content (AvgIpc) is 2.72. The zero-order chi connectivity index (χ0) is 19.7. The van der Waals surface area contributed by atoms with Crippen LogP contribution in [0.3, 0.4) is 0 Å².